The Balaban J connectivity index is 2.26. The third-order valence-electron chi connectivity index (χ3n) is 2.66. The summed E-state index contributed by atoms with van der Waals surface area (Å²) in [5.41, 5.74) is 1.38. The summed E-state index contributed by atoms with van der Waals surface area (Å²) in [6.45, 7) is 0.0684. The number of aromatic nitrogens is 3. The molecule has 1 heterocycles. The Bertz CT molecular complexity index is 693. The maximum Gasteiger partial charge on any atom is 0.313 e. The number of carboxylic acids is 1. The van der Waals surface area contributed by atoms with Crippen molar-refractivity contribution < 1.29 is 15.0 Å². The number of aliphatic carboxylic acids is 1. The van der Waals surface area contributed by atoms with E-state index in [-0.39, 0.29) is 12.4 Å². The highest BCUT2D eigenvalue weighted by Crippen LogP contribution is 2.19. The largest absolute Gasteiger partial charge is 0.481 e. The fraction of sp³-hybridized carbons (Fsp3) is 0.231. The van der Waals surface area contributed by atoms with Crippen LogP contribution in [0.5, 0.6) is 0 Å². The molecule has 21 heavy (non-hydrogen) atoms. The van der Waals surface area contributed by atoms with Crippen molar-refractivity contribution in [3.05, 3.63) is 41.2 Å². The first-order chi connectivity index (χ1) is 10.1. The normalized spacial score (nSPS) is 10.3. The van der Waals surface area contributed by atoms with Crippen LogP contribution in [0.25, 0.3) is 0 Å². The van der Waals surface area contributed by atoms with E-state index >= 15 is 0 Å². The number of thioether (sulfide) groups is 1. The Morgan fingerprint density at radius 2 is 2.24 bits per heavy atom. The van der Waals surface area contributed by atoms with Crippen LogP contribution < -0.4 is 0 Å². The molecule has 0 atom stereocenters. The van der Waals surface area contributed by atoms with E-state index in [1.807, 2.05) is 6.07 Å². The molecular weight excluding hydrogens is 292 g/mol. The fourth-order valence-corrected chi connectivity index (χ4v) is 2.43. The molecule has 1 aromatic carbocycles. The van der Waals surface area contributed by atoms with E-state index in [0.717, 1.165) is 17.3 Å². The molecule has 0 saturated carbocycles. The molecule has 0 bridgehead atoms. The van der Waals surface area contributed by atoms with Gasteiger partial charge in [0.15, 0.2) is 11.0 Å². The van der Waals surface area contributed by atoms with E-state index in [1.165, 1.54) is 0 Å². The second-order valence-electron chi connectivity index (χ2n) is 4.14. The topological polar surface area (TPSA) is 112 Å². The van der Waals surface area contributed by atoms with Gasteiger partial charge >= 0.3 is 5.97 Å². The maximum absolute atomic E-state index is 10.6. The van der Waals surface area contributed by atoms with Gasteiger partial charge in [0.1, 0.15) is 6.61 Å². The van der Waals surface area contributed by atoms with Crippen LogP contribution in [-0.2, 0) is 17.9 Å². The number of nitriles is 1. The first kappa shape index (κ1) is 15.0. The molecule has 8 heteroatoms. The van der Waals surface area contributed by atoms with Crippen LogP contribution in [0.4, 0.5) is 0 Å². The molecule has 2 aromatic rings. The summed E-state index contributed by atoms with van der Waals surface area (Å²) in [5, 5.41) is 35.0. The predicted molar refractivity (Wildman–Crippen MR) is 74.6 cm³/mol. The number of carbonyl (C=O) groups is 1. The minimum Gasteiger partial charge on any atom is -0.481 e. The molecule has 0 aliphatic heterocycles. The zero-order chi connectivity index (χ0) is 15.2. The Morgan fingerprint density at radius 1 is 1.43 bits per heavy atom. The molecule has 2 N–H and O–H groups in total. The second kappa shape index (κ2) is 6.88. The van der Waals surface area contributed by atoms with E-state index in [2.05, 4.69) is 16.3 Å². The van der Waals surface area contributed by atoms with Gasteiger partial charge in [-0.05, 0) is 17.7 Å². The number of hydrogen-bond donors (Lipinski definition) is 2. The third-order valence-corrected chi connectivity index (χ3v) is 3.61. The molecule has 0 spiro atoms. The monoisotopic (exact) mass is 304 g/mol. The summed E-state index contributed by atoms with van der Waals surface area (Å²) in [6, 6.07) is 9.09. The number of nitrogens with zero attached hydrogens (tertiary/aromatic N) is 4. The number of rotatable bonds is 6. The van der Waals surface area contributed by atoms with E-state index in [1.54, 1.807) is 22.8 Å². The minimum atomic E-state index is -0.952. The van der Waals surface area contributed by atoms with Gasteiger partial charge in [0.2, 0.25) is 0 Å². The van der Waals surface area contributed by atoms with E-state index in [0.29, 0.717) is 23.1 Å². The quantitative estimate of drug-likeness (QED) is 0.761. The molecule has 0 amide bonds. The fourth-order valence-electron chi connectivity index (χ4n) is 1.75. The molecule has 1 aromatic heterocycles. The third kappa shape index (κ3) is 3.81. The molecule has 0 saturated heterocycles. The van der Waals surface area contributed by atoms with Crippen LogP contribution >= 0.6 is 11.8 Å². The van der Waals surface area contributed by atoms with Crippen molar-refractivity contribution in [2.24, 2.45) is 0 Å². The Morgan fingerprint density at radius 3 is 2.90 bits per heavy atom. The van der Waals surface area contributed by atoms with E-state index in [4.69, 9.17) is 10.4 Å². The number of hydrogen-bond acceptors (Lipinski definition) is 6. The van der Waals surface area contributed by atoms with Gasteiger partial charge in [-0.15, -0.1) is 10.2 Å². The Kier molecular flexibility index (Phi) is 4.92. The molecule has 7 nitrogen and oxygen atoms in total. The highest BCUT2D eigenvalue weighted by Gasteiger charge is 2.13. The zero-order valence-corrected chi connectivity index (χ0v) is 11.7. The van der Waals surface area contributed by atoms with E-state index < -0.39 is 5.97 Å². The van der Waals surface area contributed by atoms with Gasteiger partial charge in [0.25, 0.3) is 0 Å². The van der Waals surface area contributed by atoms with Gasteiger partial charge < -0.3 is 10.2 Å². The van der Waals surface area contributed by atoms with Crippen molar-refractivity contribution in [2.75, 3.05) is 5.75 Å². The van der Waals surface area contributed by atoms with Crippen LogP contribution in [-0.4, -0.2) is 36.7 Å². The van der Waals surface area contributed by atoms with Gasteiger partial charge in [-0.25, -0.2) is 0 Å². The molecule has 108 valence electrons. The van der Waals surface area contributed by atoms with E-state index in [9.17, 15) is 9.90 Å². The van der Waals surface area contributed by atoms with Crippen molar-refractivity contribution in [1.82, 2.24) is 14.8 Å². The number of aliphatic hydroxyl groups excluding tert-OH is 1. The van der Waals surface area contributed by atoms with Crippen LogP contribution in [0, 0.1) is 11.3 Å². The summed E-state index contributed by atoms with van der Waals surface area (Å²) >= 11 is 1.03. The highest BCUT2D eigenvalue weighted by atomic mass is 32.2. The lowest BCUT2D eigenvalue weighted by Crippen LogP contribution is -2.08. The predicted octanol–water partition coefficient (Wildman–Crippen LogP) is 0.867. The molecule has 0 unspecified atom stereocenters. The first-order valence-corrected chi connectivity index (χ1v) is 6.99. The van der Waals surface area contributed by atoms with Crippen molar-refractivity contribution in [2.45, 2.75) is 18.3 Å². The Labute approximate surface area is 124 Å². The zero-order valence-electron chi connectivity index (χ0n) is 10.9. The van der Waals surface area contributed by atoms with Crippen molar-refractivity contribution in [3.8, 4) is 6.07 Å². The second-order valence-corrected chi connectivity index (χ2v) is 5.08. The molecular formula is C13H12N4O3S. The summed E-state index contributed by atoms with van der Waals surface area (Å²) in [4.78, 5) is 10.6. The molecule has 2 rings (SSSR count). The molecule has 0 fully saturated rings. The average molecular weight is 304 g/mol. The highest BCUT2D eigenvalue weighted by molar-refractivity contribution is 7.99. The van der Waals surface area contributed by atoms with Crippen LogP contribution in [0.15, 0.2) is 29.4 Å². The average Bonchev–Trinajstić information content (AvgIpc) is 2.87. The maximum atomic E-state index is 10.6. The number of carboxylic acid groups (broad SMARTS) is 1. The van der Waals surface area contributed by atoms with Gasteiger partial charge in [-0.3, -0.25) is 9.36 Å². The lowest BCUT2D eigenvalue weighted by molar-refractivity contribution is -0.133. The van der Waals surface area contributed by atoms with Gasteiger partial charge in [-0.1, -0.05) is 23.9 Å². The van der Waals surface area contributed by atoms with Crippen molar-refractivity contribution in [3.63, 3.8) is 0 Å². The summed E-state index contributed by atoms with van der Waals surface area (Å²) in [5.74, 6) is -0.737. The molecule has 0 aliphatic carbocycles. The van der Waals surface area contributed by atoms with Gasteiger partial charge in [0, 0.05) is 0 Å². The Hall–Kier alpha value is -2.37. The molecule has 0 radical (unpaired) electrons. The van der Waals surface area contributed by atoms with Crippen LogP contribution in [0.2, 0.25) is 0 Å². The first-order valence-electron chi connectivity index (χ1n) is 6.00. The summed E-state index contributed by atoms with van der Waals surface area (Å²) < 4.78 is 1.64. The minimum absolute atomic E-state index is 0.137. The van der Waals surface area contributed by atoms with Crippen molar-refractivity contribution in [1.29, 1.82) is 5.26 Å². The van der Waals surface area contributed by atoms with Crippen molar-refractivity contribution >= 4 is 17.7 Å². The lowest BCUT2D eigenvalue weighted by atomic mass is 10.1. The van der Waals surface area contributed by atoms with Gasteiger partial charge in [-0.2, -0.15) is 5.26 Å². The SMILES string of the molecule is N#Cc1cccc(Cn2c(CO)nnc2SCC(=O)O)c1. The van der Waals surface area contributed by atoms with Crippen LogP contribution in [0.3, 0.4) is 0 Å². The summed E-state index contributed by atoms with van der Waals surface area (Å²) in [7, 11) is 0. The summed E-state index contributed by atoms with van der Waals surface area (Å²) in [6.07, 6.45) is 0. The smallest absolute Gasteiger partial charge is 0.313 e. The molecule has 0 aliphatic rings. The number of benzene rings is 1. The van der Waals surface area contributed by atoms with Crippen LogP contribution in [0.1, 0.15) is 17.0 Å². The standard InChI is InChI=1S/C13H12N4O3S/c14-5-9-2-1-3-10(4-9)6-17-11(7-18)15-16-13(17)21-8-12(19)20/h1-4,18H,6-8H2,(H,19,20). The lowest BCUT2D eigenvalue weighted by Gasteiger charge is -2.08. The number of aliphatic hydroxyl groups is 1. The van der Waals surface area contributed by atoms with Gasteiger partial charge in [0.05, 0.1) is 23.9 Å².